The van der Waals surface area contributed by atoms with E-state index in [-0.39, 0.29) is 5.92 Å². The Morgan fingerprint density at radius 3 is 2.75 bits per heavy atom. The number of Topliss-reactive ketones (excluding diaryl/α,β-unsaturated/α-hetero) is 1. The summed E-state index contributed by atoms with van der Waals surface area (Å²) in [5.41, 5.74) is 2.12. The minimum Gasteiger partial charge on any atom is -0.300 e. The molecule has 20 heavy (non-hydrogen) atoms. The fourth-order valence-corrected chi connectivity index (χ4v) is 3.11. The SMILES string of the molecule is C=Cc1ccc2cn([C@H]3CC[C@H](C(C)=O)CC3)nc2c1. The molecule has 3 heteroatoms. The van der Waals surface area contributed by atoms with Crippen molar-refractivity contribution in [2.24, 2.45) is 5.92 Å². The first-order valence-electron chi connectivity index (χ1n) is 7.29. The Bertz CT molecular complexity index is 648. The third-order valence-electron chi connectivity index (χ3n) is 4.43. The van der Waals surface area contributed by atoms with E-state index in [2.05, 4.69) is 35.7 Å². The van der Waals surface area contributed by atoms with Crippen LogP contribution >= 0.6 is 0 Å². The van der Waals surface area contributed by atoms with Crippen LogP contribution in [0.15, 0.2) is 31.0 Å². The predicted octanol–water partition coefficient (Wildman–Crippen LogP) is 4.00. The molecule has 1 aromatic heterocycles. The van der Waals surface area contributed by atoms with Gasteiger partial charge in [0.2, 0.25) is 0 Å². The van der Waals surface area contributed by atoms with Crippen molar-refractivity contribution in [2.75, 3.05) is 0 Å². The molecule has 1 fully saturated rings. The molecule has 0 amide bonds. The van der Waals surface area contributed by atoms with E-state index in [4.69, 9.17) is 5.10 Å². The highest BCUT2D eigenvalue weighted by molar-refractivity contribution is 5.80. The van der Waals surface area contributed by atoms with Gasteiger partial charge in [-0.05, 0) is 44.2 Å². The van der Waals surface area contributed by atoms with Gasteiger partial charge in [-0.1, -0.05) is 24.8 Å². The summed E-state index contributed by atoms with van der Waals surface area (Å²) >= 11 is 0. The van der Waals surface area contributed by atoms with Gasteiger partial charge in [-0.2, -0.15) is 5.10 Å². The lowest BCUT2D eigenvalue weighted by molar-refractivity contribution is -0.121. The van der Waals surface area contributed by atoms with Crippen LogP contribution in [0, 0.1) is 5.92 Å². The van der Waals surface area contributed by atoms with Gasteiger partial charge in [-0.25, -0.2) is 0 Å². The van der Waals surface area contributed by atoms with Crippen molar-refractivity contribution < 1.29 is 4.79 Å². The van der Waals surface area contributed by atoms with E-state index in [0.29, 0.717) is 11.8 Å². The molecule has 3 nitrogen and oxygen atoms in total. The maximum Gasteiger partial charge on any atom is 0.132 e. The van der Waals surface area contributed by atoms with Crippen molar-refractivity contribution in [1.29, 1.82) is 0 Å². The summed E-state index contributed by atoms with van der Waals surface area (Å²) in [5, 5.41) is 5.87. The van der Waals surface area contributed by atoms with Crippen LogP contribution in [0.4, 0.5) is 0 Å². The topological polar surface area (TPSA) is 34.9 Å². The molecule has 104 valence electrons. The summed E-state index contributed by atoms with van der Waals surface area (Å²) in [6.45, 7) is 5.51. The van der Waals surface area contributed by atoms with Gasteiger partial charge in [-0.3, -0.25) is 9.48 Å². The van der Waals surface area contributed by atoms with Crippen molar-refractivity contribution in [3.8, 4) is 0 Å². The monoisotopic (exact) mass is 268 g/mol. The molecule has 0 aliphatic heterocycles. The number of fused-ring (bicyclic) bond motifs is 1. The molecule has 2 aromatic rings. The van der Waals surface area contributed by atoms with Crippen LogP contribution in [0.3, 0.4) is 0 Å². The first kappa shape index (κ1) is 13.1. The molecule has 0 saturated heterocycles. The van der Waals surface area contributed by atoms with Gasteiger partial charge in [-0.15, -0.1) is 0 Å². The summed E-state index contributed by atoms with van der Waals surface area (Å²) in [7, 11) is 0. The van der Waals surface area contributed by atoms with E-state index in [1.165, 1.54) is 5.39 Å². The number of nitrogens with zero attached hydrogens (tertiary/aromatic N) is 2. The predicted molar refractivity (Wildman–Crippen MR) is 81.5 cm³/mol. The van der Waals surface area contributed by atoms with Gasteiger partial charge in [0.15, 0.2) is 0 Å². The minimum atomic E-state index is 0.267. The highest BCUT2D eigenvalue weighted by atomic mass is 16.1. The lowest BCUT2D eigenvalue weighted by atomic mass is 9.84. The molecule has 1 aromatic carbocycles. The third kappa shape index (κ3) is 2.40. The normalized spacial score (nSPS) is 22.9. The van der Waals surface area contributed by atoms with Crippen LogP contribution in [0.25, 0.3) is 17.0 Å². The fraction of sp³-hybridized carbons (Fsp3) is 0.412. The Morgan fingerprint density at radius 1 is 1.35 bits per heavy atom. The van der Waals surface area contributed by atoms with E-state index < -0.39 is 0 Å². The van der Waals surface area contributed by atoms with Crippen LogP contribution in [0.2, 0.25) is 0 Å². The summed E-state index contributed by atoms with van der Waals surface area (Å²) < 4.78 is 2.09. The number of carbonyl (C=O) groups excluding carboxylic acids is 1. The zero-order chi connectivity index (χ0) is 14.1. The molecule has 1 aliphatic rings. The van der Waals surface area contributed by atoms with Crippen LogP contribution < -0.4 is 0 Å². The first-order chi connectivity index (χ1) is 9.67. The van der Waals surface area contributed by atoms with Crippen molar-refractivity contribution in [1.82, 2.24) is 9.78 Å². The van der Waals surface area contributed by atoms with Crippen molar-refractivity contribution in [3.05, 3.63) is 36.5 Å². The molecule has 3 rings (SSSR count). The van der Waals surface area contributed by atoms with Gasteiger partial charge in [0.05, 0.1) is 11.6 Å². The van der Waals surface area contributed by atoms with E-state index in [1.54, 1.807) is 6.92 Å². The Balaban J connectivity index is 1.81. The number of carbonyl (C=O) groups is 1. The molecular formula is C17H20N2O. The molecule has 1 heterocycles. The van der Waals surface area contributed by atoms with E-state index in [0.717, 1.165) is 36.8 Å². The number of ketones is 1. The molecule has 0 bridgehead atoms. The number of rotatable bonds is 3. The van der Waals surface area contributed by atoms with Gasteiger partial charge in [0, 0.05) is 17.5 Å². The Morgan fingerprint density at radius 2 is 2.10 bits per heavy atom. The zero-order valence-electron chi connectivity index (χ0n) is 11.9. The van der Waals surface area contributed by atoms with E-state index in [9.17, 15) is 4.79 Å². The zero-order valence-corrected chi connectivity index (χ0v) is 11.9. The van der Waals surface area contributed by atoms with E-state index >= 15 is 0 Å². The highest BCUT2D eigenvalue weighted by Gasteiger charge is 2.25. The Hall–Kier alpha value is -1.90. The lowest BCUT2D eigenvalue weighted by Crippen LogP contribution is -2.22. The van der Waals surface area contributed by atoms with Crippen LogP contribution in [0.5, 0.6) is 0 Å². The van der Waals surface area contributed by atoms with Gasteiger partial charge < -0.3 is 0 Å². The highest BCUT2D eigenvalue weighted by Crippen LogP contribution is 2.33. The number of hydrogen-bond acceptors (Lipinski definition) is 2. The molecule has 1 saturated carbocycles. The summed E-state index contributed by atoms with van der Waals surface area (Å²) in [4.78, 5) is 11.4. The van der Waals surface area contributed by atoms with Gasteiger partial charge in [0.25, 0.3) is 0 Å². The Labute approximate surface area is 119 Å². The molecular weight excluding hydrogens is 248 g/mol. The van der Waals surface area contributed by atoms with Gasteiger partial charge >= 0.3 is 0 Å². The van der Waals surface area contributed by atoms with Crippen LogP contribution in [0.1, 0.15) is 44.2 Å². The average molecular weight is 268 g/mol. The smallest absolute Gasteiger partial charge is 0.132 e. The van der Waals surface area contributed by atoms with Crippen molar-refractivity contribution in [3.63, 3.8) is 0 Å². The van der Waals surface area contributed by atoms with Crippen LogP contribution in [-0.2, 0) is 4.79 Å². The van der Waals surface area contributed by atoms with Crippen molar-refractivity contribution >= 4 is 22.8 Å². The number of benzene rings is 1. The second-order valence-electron chi connectivity index (χ2n) is 5.75. The molecule has 0 N–H and O–H groups in total. The summed E-state index contributed by atoms with van der Waals surface area (Å²) in [6, 6.07) is 6.66. The van der Waals surface area contributed by atoms with Crippen LogP contribution in [-0.4, -0.2) is 15.6 Å². The maximum atomic E-state index is 11.4. The fourth-order valence-electron chi connectivity index (χ4n) is 3.11. The molecule has 0 unspecified atom stereocenters. The quantitative estimate of drug-likeness (QED) is 0.843. The van der Waals surface area contributed by atoms with Gasteiger partial charge in [0.1, 0.15) is 5.78 Å². The standard InChI is InChI=1S/C17H20N2O/c1-3-13-4-5-15-11-19(18-17(15)10-13)16-8-6-14(7-9-16)12(2)20/h3-5,10-11,14,16H,1,6-9H2,2H3/t14-,16-. The molecule has 1 aliphatic carbocycles. The third-order valence-corrected chi connectivity index (χ3v) is 4.43. The van der Waals surface area contributed by atoms with E-state index in [1.807, 2.05) is 6.08 Å². The summed E-state index contributed by atoms with van der Waals surface area (Å²) in [6.07, 6.45) is 8.05. The second-order valence-corrected chi connectivity index (χ2v) is 5.75. The lowest BCUT2D eigenvalue weighted by Gasteiger charge is -2.27. The first-order valence-corrected chi connectivity index (χ1v) is 7.29. The average Bonchev–Trinajstić information content (AvgIpc) is 2.90. The molecule has 0 radical (unpaired) electrons. The molecule has 0 atom stereocenters. The number of aromatic nitrogens is 2. The second kappa shape index (κ2) is 5.23. The summed E-state index contributed by atoms with van der Waals surface area (Å²) in [5.74, 6) is 0.605. The van der Waals surface area contributed by atoms with Crippen molar-refractivity contribution in [2.45, 2.75) is 38.6 Å². The maximum absolute atomic E-state index is 11.4. The molecule has 0 spiro atoms. The number of hydrogen-bond donors (Lipinski definition) is 0. The Kier molecular flexibility index (Phi) is 3.43. The largest absolute Gasteiger partial charge is 0.300 e. The minimum absolute atomic E-state index is 0.267.